The summed E-state index contributed by atoms with van der Waals surface area (Å²) < 4.78 is 10.7. The highest BCUT2D eigenvalue weighted by Crippen LogP contribution is 2.31. The van der Waals surface area contributed by atoms with Gasteiger partial charge in [-0.3, -0.25) is 19.4 Å². The number of urea groups is 1. The van der Waals surface area contributed by atoms with Crippen molar-refractivity contribution < 1.29 is 23.9 Å². The molecule has 3 rings (SSSR count). The summed E-state index contributed by atoms with van der Waals surface area (Å²) in [6.45, 7) is 2.50. The van der Waals surface area contributed by atoms with Crippen LogP contribution < -0.4 is 9.47 Å². The Labute approximate surface area is 165 Å². The van der Waals surface area contributed by atoms with E-state index in [1.807, 2.05) is 24.0 Å². The Hall–Kier alpha value is -2.61. The number of hydrogen-bond donors (Lipinski definition) is 0. The zero-order valence-electron chi connectivity index (χ0n) is 16.9. The van der Waals surface area contributed by atoms with Crippen molar-refractivity contribution in [1.29, 1.82) is 0 Å². The quantitative estimate of drug-likeness (QED) is 0.525. The smallest absolute Gasteiger partial charge is 0.335 e. The molecule has 0 atom stereocenters. The van der Waals surface area contributed by atoms with Crippen molar-refractivity contribution in [3.8, 4) is 11.5 Å². The number of ether oxygens (including phenoxy) is 2. The summed E-state index contributed by atoms with van der Waals surface area (Å²) in [5.74, 6) is -0.179. The minimum absolute atomic E-state index is 0.0560. The lowest BCUT2D eigenvalue weighted by Crippen LogP contribution is -2.42. The summed E-state index contributed by atoms with van der Waals surface area (Å²) in [5, 5.41) is 0. The van der Waals surface area contributed by atoms with E-state index in [1.54, 1.807) is 21.3 Å². The molecule has 28 heavy (non-hydrogen) atoms. The Morgan fingerprint density at radius 3 is 2.25 bits per heavy atom. The van der Waals surface area contributed by atoms with Crippen LogP contribution in [-0.4, -0.2) is 66.5 Å². The van der Waals surface area contributed by atoms with Gasteiger partial charge in [0.15, 0.2) is 11.5 Å². The van der Waals surface area contributed by atoms with Crippen molar-refractivity contribution in [2.75, 3.05) is 27.9 Å². The third-order valence-corrected chi connectivity index (χ3v) is 5.44. The molecule has 0 unspecified atom stereocenters. The van der Waals surface area contributed by atoms with Gasteiger partial charge in [-0.25, -0.2) is 9.69 Å². The van der Waals surface area contributed by atoms with Crippen LogP contribution in [-0.2, 0) is 16.1 Å². The Morgan fingerprint density at radius 2 is 1.64 bits per heavy atom. The molecule has 0 N–H and O–H groups in total. The molecule has 2 fully saturated rings. The van der Waals surface area contributed by atoms with Gasteiger partial charge in [-0.15, -0.1) is 0 Å². The summed E-state index contributed by atoms with van der Waals surface area (Å²) in [5.41, 5.74) is 1.99. The Bertz CT molecular complexity index is 788. The maximum atomic E-state index is 12.7. The average Bonchev–Trinajstić information content (AvgIpc) is 3.26. The number of benzene rings is 1. The lowest BCUT2D eigenvalue weighted by molar-refractivity contribution is -0.144. The Balaban J connectivity index is 1.71. The molecule has 1 aliphatic heterocycles. The van der Waals surface area contributed by atoms with Crippen LogP contribution in [0, 0.1) is 6.92 Å². The van der Waals surface area contributed by atoms with Crippen LogP contribution in [0.5, 0.6) is 11.5 Å². The van der Waals surface area contributed by atoms with Gasteiger partial charge in [0.2, 0.25) is 0 Å². The van der Waals surface area contributed by atoms with Gasteiger partial charge < -0.3 is 9.47 Å². The topological polar surface area (TPSA) is 79.4 Å². The number of carbonyl (C=O) groups is 3. The fourth-order valence-corrected chi connectivity index (χ4v) is 3.91. The number of hydrogen-bond acceptors (Lipinski definition) is 6. The highest BCUT2D eigenvalue weighted by molar-refractivity contribution is 6.44. The molecule has 0 bridgehead atoms. The van der Waals surface area contributed by atoms with E-state index in [-0.39, 0.29) is 12.7 Å². The maximum absolute atomic E-state index is 12.7. The molecule has 152 valence electrons. The molecule has 2 aliphatic rings. The first-order valence-corrected chi connectivity index (χ1v) is 9.46. The number of rotatable bonds is 7. The SMILES string of the molecule is COc1cc(C)c(CN(C)CN2C(=O)C(=O)N(C3CCCC3)C2=O)cc1OC. The molecule has 8 nitrogen and oxygen atoms in total. The van der Waals surface area contributed by atoms with E-state index in [0.29, 0.717) is 18.0 Å². The van der Waals surface area contributed by atoms with Gasteiger partial charge in [-0.1, -0.05) is 12.8 Å². The fraction of sp³-hybridized carbons (Fsp3) is 0.550. The third kappa shape index (κ3) is 3.69. The zero-order chi connectivity index (χ0) is 20.4. The Morgan fingerprint density at radius 1 is 1.04 bits per heavy atom. The van der Waals surface area contributed by atoms with Crippen molar-refractivity contribution in [3.05, 3.63) is 23.3 Å². The molecular weight excluding hydrogens is 362 g/mol. The number of imide groups is 2. The summed E-state index contributed by atoms with van der Waals surface area (Å²) in [6.07, 6.45) is 3.52. The molecule has 1 saturated carbocycles. The van der Waals surface area contributed by atoms with E-state index in [0.717, 1.165) is 46.6 Å². The number of methoxy groups -OCH3 is 2. The first-order chi connectivity index (χ1) is 13.4. The van der Waals surface area contributed by atoms with Crippen LogP contribution in [0.15, 0.2) is 12.1 Å². The maximum Gasteiger partial charge on any atom is 0.335 e. The molecular formula is C20H27N3O5. The molecule has 1 saturated heterocycles. The van der Waals surface area contributed by atoms with E-state index in [4.69, 9.17) is 9.47 Å². The van der Waals surface area contributed by atoms with E-state index >= 15 is 0 Å². The van der Waals surface area contributed by atoms with Crippen LogP contribution in [0.25, 0.3) is 0 Å². The normalized spacial score (nSPS) is 18.0. The molecule has 1 aromatic carbocycles. The molecule has 8 heteroatoms. The molecule has 4 amide bonds. The van der Waals surface area contributed by atoms with E-state index in [9.17, 15) is 14.4 Å². The standard InChI is InChI=1S/C20H27N3O5/c1-13-9-16(27-3)17(28-4)10-14(13)11-21(2)12-22-18(24)19(25)23(20(22)26)15-7-5-6-8-15/h9-10,15H,5-8,11-12H2,1-4H3. The number of carbonyl (C=O) groups excluding carboxylic acids is 3. The summed E-state index contributed by atoms with van der Waals surface area (Å²) in [6, 6.07) is 3.12. The predicted molar refractivity (Wildman–Crippen MR) is 102 cm³/mol. The minimum atomic E-state index is -0.743. The molecule has 1 heterocycles. The van der Waals surface area contributed by atoms with Crippen molar-refractivity contribution in [2.45, 2.75) is 45.2 Å². The molecule has 1 aliphatic carbocycles. The zero-order valence-corrected chi connectivity index (χ0v) is 16.9. The summed E-state index contributed by atoms with van der Waals surface area (Å²) in [4.78, 5) is 41.4. The lowest BCUT2D eigenvalue weighted by atomic mass is 10.1. The van der Waals surface area contributed by atoms with Gasteiger partial charge in [-0.2, -0.15) is 0 Å². The lowest BCUT2D eigenvalue weighted by Gasteiger charge is -2.25. The first kappa shape index (κ1) is 20.1. The van der Waals surface area contributed by atoms with Gasteiger partial charge in [0.25, 0.3) is 0 Å². The number of amides is 4. The second-order valence-corrected chi connectivity index (χ2v) is 7.42. The number of nitrogens with zero attached hydrogens (tertiary/aromatic N) is 3. The largest absolute Gasteiger partial charge is 0.493 e. The van der Waals surface area contributed by atoms with Crippen molar-refractivity contribution in [1.82, 2.24) is 14.7 Å². The van der Waals surface area contributed by atoms with Crippen LogP contribution in [0.3, 0.4) is 0 Å². The number of aryl methyl sites for hydroxylation is 1. The molecule has 0 aromatic heterocycles. The predicted octanol–water partition coefficient (Wildman–Crippen LogP) is 2.13. The van der Waals surface area contributed by atoms with Crippen LogP contribution in [0.2, 0.25) is 0 Å². The van der Waals surface area contributed by atoms with Crippen LogP contribution >= 0.6 is 0 Å². The van der Waals surface area contributed by atoms with Crippen LogP contribution in [0.4, 0.5) is 4.79 Å². The van der Waals surface area contributed by atoms with Gasteiger partial charge in [0.1, 0.15) is 0 Å². The van der Waals surface area contributed by atoms with E-state index in [2.05, 4.69) is 0 Å². The van der Waals surface area contributed by atoms with Gasteiger partial charge >= 0.3 is 17.8 Å². The highest BCUT2D eigenvalue weighted by Gasteiger charge is 2.48. The van der Waals surface area contributed by atoms with E-state index in [1.165, 1.54) is 0 Å². The van der Waals surface area contributed by atoms with Crippen LogP contribution in [0.1, 0.15) is 36.8 Å². The van der Waals surface area contributed by atoms with Crippen molar-refractivity contribution in [2.24, 2.45) is 0 Å². The van der Waals surface area contributed by atoms with Crippen molar-refractivity contribution >= 4 is 17.8 Å². The fourth-order valence-electron chi connectivity index (χ4n) is 3.91. The second kappa shape index (κ2) is 8.18. The summed E-state index contributed by atoms with van der Waals surface area (Å²) in [7, 11) is 4.96. The molecule has 0 spiro atoms. The van der Waals surface area contributed by atoms with Gasteiger partial charge in [-0.05, 0) is 50.1 Å². The monoisotopic (exact) mass is 389 g/mol. The third-order valence-electron chi connectivity index (χ3n) is 5.44. The van der Waals surface area contributed by atoms with Gasteiger partial charge in [0, 0.05) is 12.6 Å². The summed E-state index contributed by atoms with van der Waals surface area (Å²) >= 11 is 0. The van der Waals surface area contributed by atoms with Gasteiger partial charge in [0.05, 0.1) is 20.9 Å². The average molecular weight is 389 g/mol. The highest BCUT2D eigenvalue weighted by atomic mass is 16.5. The van der Waals surface area contributed by atoms with E-state index < -0.39 is 17.8 Å². The minimum Gasteiger partial charge on any atom is -0.493 e. The first-order valence-electron chi connectivity index (χ1n) is 9.46. The molecule has 1 aromatic rings. The Kier molecular flexibility index (Phi) is 5.88. The second-order valence-electron chi connectivity index (χ2n) is 7.42. The van der Waals surface area contributed by atoms with Crippen molar-refractivity contribution in [3.63, 3.8) is 0 Å². The molecule has 0 radical (unpaired) electrons.